The van der Waals surface area contributed by atoms with E-state index >= 15 is 0 Å². The number of nitrogens with two attached hydrogens (primary N) is 1. The van der Waals surface area contributed by atoms with Crippen molar-refractivity contribution in [2.45, 2.75) is 12.4 Å². The maximum atomic E-state index is 13.6. The van der Waals surface area contributed by atoms with Crippen molar-refractivity contribution in [2.24, 2.45) is 5.73 Å². The molecule has 0 spiro atoms. The van der Waals surface area contributed by atoms with Crippen molar-refractivity contribution in [1.82, 2.24) is 0 Å². The summed E-state index contributed by atoms with van der Waals surface area (Å²) < 4.78 is 66.8. The van der Waals surface area contributed by atoms with Gasteiger partial charge in [0.1, 0.15) is 5.82 Å². The lowest BCUT2D eigenvalue weighted by molar-refractivity contribution is -0.275. The maximum Gasteiger partial charge on any atom is 0.573 e. The van der Waals surface area contributed by atoms with E-state index in [1.165, 1.54) is 18.2 Å². The highest BCUT2D eigenvalue weighted by Gasteiger charge is 2.32. The molecule has 7 heteroatoms. The van der Waals surface area contributed by atoms with Crippen LogP contribution in [0.4, 0.5) is 22.0 Å². The minimum absolute atomic E-state index is 0.112. The number of halogens is 5. The fraction of sp³-hybridized carbons (Fsp3) is 0.143. The van der Waals surface area contributed by atoms with Crippen LogP contribution in [-0.2, 0) is 0 Å². The van der Waals surface area contributed by atoms with Crippen LogP contribution in [-0.4, -0.2) is 6.36 Å². The summed E-state index contributed by atoms with van der Waals surface area (Å²) in [6.07, 6.45) is -4.99. The van der Waals surface area contributed by atoms with Gasteiger partial charge in [0, 0.05) is 5.56 Å². The fourth-order valence-corrected chi connectivity index (χ4v) is 1.82. The Hall–Kier alpha value is -2.15. The molecule has 2 aromatic rings. The average molecular weight is 303 g/mol. The molecule has 0 amide bonds. The van der Waals surface area contributed by atoms with Crippen LogP contribution >= 0.6 is 0 Å². The molecular weight excluding hydrogens is 293 g/mol. The Morgan fingerprint density at radius 2 is 1.62 bits per heavy atom. The molecule has 0 saturated carbocycles. The normalized spacial score (nSPS) is 13.0. The van der Waals surface area contributed by atoms with E-state index in [-0.39, 0.29) is 11.1 Å². The second-order valence-electron chi connectivity index (χ2n) is 4.24. The minimum atomic E-state index is -4.99. The minimum Gasteiger partial charge on any atom is -0.403 e. The van der Waals surface area contributed by atoms with Gasteiger partial charge in [-0.1, -0.05) is 24.3 Å². The molecule has 112 valence electrons. The molecule has 0 heterocycles. The van der Waals surface area contributed by atoms with Crippen LogP contribution in [0.1, 0.15) is 17.2 Å². The number of alkyl halides is 3. The standard InChI is InChI=1S/C14H10F5NO/c15-10-4-2-1-3-9(10)13(20)8-5-6-12(11(16)7-8)21-14(17,18)19/h1-7,13H,20H2. The van der Waals surface area contributed by atoms with Gasteiger partial charge in [0.15, 0.2) is 11.6 Å². The van der Waals surface area contributed by atoms with Crippen LogP contribution in [0.25, 0.3) is 0 Å². The molecule has 0 aliphatic rings. The third kappa shape index (κ3) is 3.69. The molecule has 2 nitrogen and oxygen atoms in total. The largest absolute Gasteiger partial charge is 0.573 e. The summed E-state index contributed by atoms with van der Waals surface area (Å²) in [7, 11) is 0. The SMILES string of the molecule is NC(c1ccc(OC(F)(F)F)c(F)c1)c1ccccc1F. The van der Waals surface area contributed by atoms with E-state index in [1.54, 1.807) is 6.07 Å². The molecule has 2 aromatic carbocycles. The molecule has 0 saturated heterocycles. The molecule has 1 unspecified atom stereocenters. The molecule has 1 atom stereocenters. The van der Waals surface area contributed by atoms with Gasteiger partial charge in [-0.2, -0.15) is 0 Å². The van der Waals surface area contributed by atoms with E-state index in [0.29, 0.717) is 0 Å². The fourth-order valence-electron chi connectivity index (χ4n) is 1.82. The molecule has 0 fully saturated rings. The van der Waals surface area contributed by atoms with E-state index in [2.05, 4.69) is 4.74 Å². The molecule has 2 N–H and O–H groups in total. The Balaban J connectivity index is 2.30. The van der Waals surface area contributed by atoms with Gasteiger partial charge in [-0.3, -0.25) is 0 Å². The van der Waals surface area contributed by atoms with Crippen molar-refractivity contribution in [3.05, 3.63) is 65.2 Å². The van der Waals surface area contributed by atoms with Crippen molar-refractivity contribution in [2.75, 3.05) is 0 Å². The Morgan fingerprint density at radius 3 is 2.19 bits per heavy atom. The second kappa shape index (κ2) is 5.69. The van der Waals surface area contributed by atoms with Gasteiger partial charge in [0.2, 0.25) is 0 Å². The van der Waals surface area contributed by atoms with E-state index in [9.17, 15) is 22.0 Å². The van der Waals surface area contributed by atoms with Gasteiger partial charge in [-0.15, -0.1) is 13.2 Å². The topological polar surface area (TPSA) is 35.2 Å². The van der Waals surface area contributed by atoms with Gasteiger partial charge >= 0.3 is 6.36 Å². The van der Waals surface area contributed by atoms with Crippen LogP contribution in [0.3, 0.4) is 0 Å². The summed E-state index contributed by atoms with van der Waals surface area (Å²) in [5.74, 6) is -2.77. The number of hydrogen-bond acceptors (Lipinski definition) is 2. The number of hydrogen-bond donors (Lipinski definition) is 1. The molecule has 0 radical (unpaired) electrons. The van der Waals surface area contributed by atoms with Crippen molar-refractivity contribution in [3.8, 4) is 5.75 Å². The summed E-state index contributed by atoms with van der Waals surface area (Å²) in [5, 5.41) is 0. The second-order valence-corrected chi connectivity index (χ2v) is 4.24. The quantitative estimate of drug-likeness (QED) is 0.873. The molecule has 0 aliphatic carbocycles. The summed E-state index contributed by atoms with van der Waals surface area (Å²) in [6, 6.07) is 7.37. The number of rotatable bonds is 3. The molecule has 21 heavy (non-hydrogen) atoms. The van der Waals surface area contributed by atoms with Gasteiger partial charge in [0.25, 0.3) is 0 Å². The summed E-state index contributed by atoms with van der Waals surface area (Å²) in [5.41, 5.74) is 6.04. The van der Waals surface area contributed by atoms with Crippen molar-refractivity contribution < 1.29 is 26.7 Å². The van der Waals surface area contributed by atoms with Crippen LogP contribution in [0.15, 0.2) is 42.5 Å². The predicted molar refractivity (Wildman–Crippen MR) is 65.5 cm³/mol. The Bertz CT molecular complexity index is 642. The zero-order valence-corrected chi connectivity index (χ0v) is 10.5. The van der Waals surface area contributed by atoms with E-state index in [4.69, 9.17) is 5.73 Å². The highest BCUT2D eigenvalue weighted by atomic mass is 19.4. The summed E-state index contributed by atoms with van der Waals surface area (Å²) in [6.45, 7) is 0. The third-order valence-electron chi connectivity index (χ3n) is 2.78. The summed E-state index contributed by atoms with van der Waals surface area (Å²) >= 11 is 0. The lowest BCUT2D eigenvalue weighted by Crippen LogP contribution is -2.18. The zero-order valence-electron chi connectivity index (χ0n) is 10.5. The lowest BCUT2D eigenvalue weighted by atomic mass is 9.99. The Labute approximate surface area is 116 Å². The third-order valence-corrected chi connectivity index (χ3v) is 2.78. The molecular formula is C14H10F5NO. The highest BCUT2D eigenvalue weighted by molar-refractivity contribution is 5.36. The van der Waals surface area contributed by atoms with Crippen molar-refractivity contribution in [1.29, 1.82) is 0 Å². The van der Waals surface area contributed by atoms with Gasteiger partial charge in [-0.25, -0.2) is 8.78 Å². The van der Waals surface area contributed by atoms with Crippen molar-refractivity contribution in [3.63, 3.8) is 0 Å². The number of benzene rings is 2. The van der Waals surface area contributed by atoms with E-state index < -0.39 is 29.8 Å². The van der Waals surface area contributed by atoms with Gasteiger partial charge in [0.05, 0.1) is 6.04 Å². The molecule has 2 rings (SSSR count). The smallest absolute Gasteiger partial charge is 0.403 e. The molecule has 0 aliphatic heterocycles. The van der Waals surface area contributed by atoms with E-state index in [0.717, 1.165) is 18.2 Å². The van der Waals surface area contributed by atoms with Crippen LogP contribution in [0.5, 0.6) is 5.75 Å². The first-order chi connectivity index (χ1) is 9.78. The lowest BCUT2D eigenvalue weighted by Gasteiger charge is -2.15. The van der Waals surface area contributed by atoms with Gasteiger partial charge in [-0.05, 0) is 23.8 Å². The number of ether oxygens (including phenoxy) is 1. The average Bonchev–Trinajstić information content (AvgIpc) is 2.39. The monoisotopic (exact) mass is 303 g/mol. The van der Waals surface area contributed by atoms with Gasteiger partial charge < -0.3 is 10.5 Å². The predicted octanol–water partition coefficient (Wildman–Crippen LogP) is 3.91. The van der Waals surface area contributed by atoms with Crippen LogP contribution < -0.4 is 10.5 Å². The first-order valence-electron chi connectivity index (χ1n) is 5.83. The maximum absolute atomic E-state index is 13.6. The van der Waals surface area contributed by atoms with Crippen LogP contribution in [0.2, 0.25) is 0 Å². The Morgan fingerprint density at radius 1 is 0.952 bits per heavy atom. The first kappa shape index (κ1) is 15.2. The van der Waals surface area contributed by atoms with Crippen molar-refractivity contribution >= 4 is 0 Å². The molecule has 0 bridgehead atoms. The molecule has 0 aromatic heterocycles. The van der Waals surface area contributed by atoms with E-state index in [1.807, 2.05) is 0 Å². The highest BCUT2D eigenvalue weighted by Crippen LogP contribution is 2.29. The summed E-state index contributed by atoms with van der Waals surface area (Å²) in [4.78, 5) is 0. The Kier molecular flexibility index (Phi) is 4.13. The van der Waals surface area contributed by atoms with Crippen LogP contribution in [0, 0.1) is 11.6 Å². The zero-order chi connectivity index (χ0) is 15.6. The first-order valence-corrected chi connectivity index (χ1v) is 5.83.